The number of carbonyl (C=O) groups excluding carboxylic acids is 1. The number of methoxy groups -OCH3 is 1. The summed E-state index contributed by atoms with van der Waals surface area (Å²) >= 11 is 0. The molecule has 0 spiro atoms. The fraction of sp³-hybridized carbons (Fsp3) is 0.462. The molecule has 18 heavy (non-hydrogen) atoms. The Hall–Kier alpha value is -1.75. The van der Waals surface area contributed by atoms with Gasteiger partial charge in [0, 0.05) is 0 Å². The second-order valence-electron chi connectivity index (χ2n) is 4.37. The Morgan fingerprint density at radius 1 is 1.56 bits per heavy atom. The summed E-state index contributed by atoms with van der Waals surface area (Å²) in [5.74, 6) is 0.399. The van der Waals surface area contributed by atoms with Crippen molar-refractivity contribution in [3.8, 4) is 5.75 Å². The van der Waals surface area contributed by atoms with E-state index in [9.17, 15) is 4.79 Å². The van der Waals surface area contributed by atoms with Gasteiger partial charge in [0.15, 0.2) is 0 Å². The lowest BCUT2D eigenvalue weighted by Gasteiger charge is -2.33. The Balaban J connectivity index is 2.23. The van der Waals surface area contributed by atoms with Crippen LogP contribution in [0, 0.1) is 0 Å². The number of fused-ring (bicyclic) bond motifs is 1. The van der Waals surface area contributed by atoms with Gasteiger partial charge < -0.3 is 20.5 Å². The van der Waals surface area contributed by atoms with Crippen LogP contribution in [0.3, 0.4) is 0 Å². The number of hydrogen-bond acceptors (Lipinski definition) is 5. The lowest BCUT2D eigenvalue weighted by Crippen LogP contribution is -2.40. The Morgan fingerprint density at radius 2 is 2.33 bits per heavy atom. The molecule has 1 aliphatic rings. The molecule has 5 heteroatoms. The van der Waals surface area contributed by atoms with Crippen molar-refractivity contribution in [2.75, 3.05) is 19.0 Å². The first-order chi connectivity index (χ1) is 8.65. The average Bonchev–Trinajstić information content (AvgIpc) is 2.38. The van der Waals surface area contributed by atoms with E-state index in [0.717, 1.165) is 17.9 Å². The van der Waals surface area contributed by atoms with Gasteiger partial charge >= 0.3 is 5.97 Å². The fourth-order valence-electron chi connectivity index (χ4n) is 2.07. The summed E-state index contributed by atoms with van der Waals surface area (Å²) in [6.07, 6.45) is 0.860. The lowest BCUT2D eigenvalue weighted by molar-refractivity contribution is 0.0600. The highest BCUT2D eigenvalue weighted by Crippen LogP contribution is 2.33. The molecule has 98 valence electrons. The molecular formula is C13H18N2O3. The third-order valence-electron chi connectivity index (χ3n) is 3.07. The topological polar surface area (TPSA) is 73.6 Å². The first-order valence-electron chi connectivity index (χ1n) is 6.01. The molecule has 0 aromatic heterocycles. The normalized spacial score (nSPS) is 21.5. The molecule has 1 aromatic rings. The summed E-state index contributed by atoms with van der Waals surface area (Å²) in [4.78, 5) is 11.4. The Bertz CT molecular complexity index is 448. The summed E-state index contributed by atoms with van der Waals surface area (Å²) in [7, 11) is 1.37. The minimum atomic E-state index is -0.351. The second-order valence-corrected chi connectivity index (χ2v) is 4.37. The maximum absolute atomic E-state index is 11.4. The Morgan fingerprint density at radius 3 is 3.00 bits per heavy atom. The van der Waals surface area contributed by atoms with Crippen LogP contribution in [0.1, 0.15) is 23.7 Å². The van der Waals surface area contributed by atoms with Crippen molar-refractivity contribution in [1.82, 2.24) is 0 Å². The zero-order valence-corrected chi connectivity index (χ0v) is 10.6. The minimum Gasteiger partial charge on any atom is -0.486 e. The molecule has 0 aliphatic carbocycles. The van der Waals surface area contributed by atoms with Gasteiger partial charge in [-0.3, -0.25) is 0 Å². The number of anilines is 1. The molecular weight excluding hydrogens is 232 g/mol. The molecule has 1 aromatic carbocycles. The van der Waals surface area contributed by atoms with E-state index in [1.165, 1.54) is 7.11 Å². The molecule has 1 aliphatic heterocycles. The lowest BCUT2D eigenvalue weighted by atomic mass is 10.1. The number of ether oxygens (including phenoxy) is 2. The Kier molecular flexibility index (Phi) is 3.72. The SMILES string of the molecule is COC(=O)c1ccc2c(c1)NC(C)C(CCN)O2. The molecule has 0 fully saturated rings. The average molecular weight is 250 g/mol. The molecule has 5 nitrogen and oxygen atoms in total. The van der Waals surface area contributed by atoms with Crippen LogP contribution in [0.4, 0.5) is 5.69 Å². The van der Waals surface area contributed by atoms with Gasteiger partial charge in [0.25, 0.3) is 0 Å². The van der Waals surface area contributed by atoms with Gasteiger partial charge in [0.2, 0.25) is 0 Å². The summed E-state index contributed by atoms with van der Waals surface area (Å²) < 4.78 is 10.5. The first-order valence-corrected chi connectivity index (χ1v) is 6.01. The highest BCUT2D eigenvalue weighted by molar-refractivity contribution is 5.91. The van der Waals surface area contributed by atoms with Gasteiger partial charge in [-0.2, -0.15) is 0 Å². The highest BCUT2D eigenvalue weighted by Gasteiger charge is 2.26. The standard InChI is InChI=1S/C13H18N2O3/c1-8-11(5-6-14)18-12-4-3-9(13(16)17-2)7-10(12)15-8/h3-4,7-8,11,15H,5-6,14H2,1-2H3. The Labute approximate surface area is 106 Å². The van der Waals surface area contributed by atoms with Gasteiger partial charge in [-0.15, -0.1) is 0 Å². The number of rotatable bonds is 3. The summed E-state index contributed by atoms with van der Waals surface area (Å²) in [6, 6.07) is 5.39. The van der Waals surface area contributed by atoms with Crippen LogP contribution in [-0.4, -0.2) is 31.8 Å². The summed E-state index contributed by atoms with van der Waals surface area (Å²) in [5, 5.41) is 3.33. The highest BCUT2D eigenvalue weighted by atomic mass is 16.5. The van der Waals surface area contributed by atoms with Crippen molar-refractivity contribution in [2.45, 2.75) is 25.5 Å². The summed E-state index contributed by atoms with van der Waals surface area (Å²) in [5.41, 5.74) is 6.88. The molecule has 0 bridgehead atoms. The van der Waals surface area contributed by atoms with E-state index in [0.29, 0.717) is 12.1 Å². The van der Waals surface area contributed by atoms with Crippen LogP contribution < -0.4 is 15.8 Å². The first kappa shape index (κ1) is 12.7. The molecule has 2 rings (SSSR count). The predicted octanol–water partition coefficient (Wildman–Crippen LogP) is 1.38. The van der Waals surface area contributed by atoms with Crippen LogP contribution in [0.5, 0.6) is 5.75 Å². The fourth-order valence-corrected chi connectivity index (χ4v) is 2.07. The zero-order chi connectivity index (χ0) is 13.1. The monoisotopic (exact) mass is 250 g/mol. The van der Waals surface area contributed by atoms with E-state index in [4.69, 9.17) is 10.5 Å². The quantitative estimate of drug-likeness (QED) is 0.793. The van der Waals surface area contributed by atoms with Gasteiger partial charge in [-0.25, -0.2) is 4.79 Å². The molecule has 0 saturated heterocycles. The minimum absolute atomic E-state index is 0.0616. The van der Waals surface area contributed by atoms with Crippen LogP contribution in [0.25, 0.3) is 0 Å². The van der Waals surface area contributed by atoms with E-state index in [1.807, 2.05) is 6.92 Å². The van der Waals surface area contributed by atoms with Gasteiger partial charge in [-0.1, -0.05) is 0 Å². The van der Waals surface area contributed by atoms with Crippen molar-refractivity contribution >= 4 is 11.7 Å². The molecule has 1 heterocycles. The van der Waals surface area contributed by atoms with Crippen molar-refractivity contribution in [3.63, 3.8) is 0 Å². The third kappa shape index (κ3) is 2.41. The van der Waals surface area contributed by atoms with E-state index in [1.54, 1.807) is 18.2 Å². The molecule has 2 atom stereocenters. The maximum Gasteiger partial charge on any atom is 0.337 e. The molecule has 0 amide bonds. The van der Waals surface area contributed by atoms with Gasteiger partial charge in [0.1, 0.15) is 11.9 Å². The summed E-state index contributed by atoms with van der Waals surface area (Å²) in [6.45, 7) is 2.63. The predicted molar refractivity (Wildman–Crippen MR) is 69.0 cm³/mol. The molecule has 3 N–H and O–H groups in total. The van der Waals surface area contributed by atoms with Crippen molar-refractivity contribution in [1.29, 1.82) is 0 Å². The van der Waals surface area contributed by atoms with Crippen molar-refractivity contribution in [3.05, 3.63) is 23.8 Å². The zero-order valence-electron chi connectivity index (χ0n) is 10.6. The van der Waals surface area contributed by atoms with Gasteiger partial charge in [-0.05, 0) is 38.1 Å². The smallest absolute Gasteiger partial charge is 0.337 e. The number of nitrogens with two attached hydrogens (primary N) is 1. The van der Waals surface area contributed by atoms with Crippen molar-refractivity contribution in [2.24, 2.45) is 5.73 Å². The largest absolute Gasteiger partial charge is 0.486 e. The number of hydrogen-bond donors (Lipinski definition) is 2. The van der Waals surface area contributed by atoms with Crippen LogP contribution in [0.2, 0.25) is 0 Å². The van der Waals surface area contributed by atoms with E-state index >= 15 is 0 Å². The van der Waals surface area contributed by atoms with Crippen LogP contribution in [-0.2, 0) is 4.74 Å². The number of esters is 1. The number of carbonyl (C=O) groups is 1. The van der Waals surface area contributed by atoms with E-state index < -0.39 is 0 Å². The van der Waals surface area contributed by atoms with E-state index in [-0.39, 0.29) is 18.1 Å². The van der Waals surface area contributed by atoms with Crippen LogP contribution in [0.15, 0.2) is 18.2 Å². The number of benzene rings is 1. The number of nitrogens with one attached hydrogen (secondary N) is 1. The molecule has 0 radical (unpaired) electrons. The van der Waals surface area contributed by atoms with Crippen LogP contribution >= 0.6 is 0 Å². The second kappa shape index (κ2) is 5.27. The maximum atomic E-state index is 11.4. The van der Waals surface area contributed by atoms with Crippen molar-refractivity contribution < 1.29 is 14.3 Å². The molecule has 2 unspecified atom stereocenters. The van der Waals surface area contributed by atoms with Gasteiger partial charge in [0.05, 0.1) is 24.4 Å². The molecule has 0 saturated carbocycles. The third-order valence-corrected chi connectivity index (χ3v) is 3.07. The van der Waals surface area contributed by atoms with E-state index in [2.05, 4.69) is 10.1 Å².